The predicted octanol–water partition coefficient (Wildman–Crippen LogP) is 0.281. The van der Waals surface area contributed by atoms with Crippen molar-refractivity contribution in [1.29, 1.82) is 0 Å². The molecule has 1 aromatic rings. The van der Waals surface area contributed by atoms with Gasteiger partial charge in [-0.25, -0.2) is 4.79 Å². The standard InChI is InChI=1S/C9H14N2O3/c1-2-3-11-6-7(5-10-11)4-8(12)9(13)14/h5-6,8,12H,2-4H2,1H3,(H,13,14). The topological polar surface area (TPSA) is 75.4 Å². The number of aromatic nitrogens is 2. The van der Waals surface area contributed by atoms with Gasteiger partial charge in [0.2, 0.25) is 0 Å². The molecule has 1 unspecified atom stereocenters. The minimum absolute atomic E-state index is 0.110. The van der Waals surface area contributed by atoms with Crippen molar-refractivity contribution >= 4 is 5.97 Å². The van der Waals surface area contributed by atoms with Crippen LogP contribution in [0.3, 0.4) is 0 Å². The highest BCUT2D eigenvalue weighted by Gasteiger charge is 2.14. The summed E-state index contributed by atoms with van der Waals surface area (Å²) < 4.78 is 1.74. The van der Waals surface area contributed by atoms with E-state index in [2.05, 4.69) is 5.10 Å². The number of aliphatic hydroxyl groups excluding tert-OH is 1. The van der Waals surface area contributed by atoms with Gasteiger partial charge in [-0.3, -0.25) is 4.68 Å². The van der Waals surface area contributed by atoms with Crippen LogP contribution >= 0.6 is 0 Å². The summed E-state index contributed by atoms with van der Waals surface area (Å²) in [5.74, 6) is -1.20. The number of nitrogens with zero attached hydrogens (tertiary/aromatic N) is 2. The Morgan fingerprint density at radius 3 is 3.00 bits per heavy atom. The van der Waals surface area contributed by atoms with Crippen molar-refractivity contribution in [1.82, 2.24) is 9.78 Å². The van der Waals surface area contributed by atoms with Gasteiger partial charge in [0.25, 0.3) is 0 Å². The van der Waals surface area contributed by atoms with Crippen LogP contribution in [0.15, 0.2) is 12.4 Å². The fourth-order valence-corrected chi connectivity index (χ4v) is 1.17. The first kappa shape index (κ1) is 10.7. The third kappa shape index (κ3) is 2.85. The van der Waals surface area contributed by atoms with E-state index in [0.29, 0.717) is 0 Å². The van der Waals surface area contributed by atoms with Crippen molar-refractivity contribution in [2.45, 2.75) is 32.4 Å². The van der Waals surface area contributed by atoms with Crippen molar-refractivity contribution in [2.24, 2.45) is 0 Å². The number of carboxylic acid groups (broad SMARTS) is 1. The zero-order valence-electron chi connectivity index (χ0n) is 8.05. The molecule has 5 heteroatoms. The summed E-state index contributed by atoms with van der Waals surface area (Å²) in [6, 6.07) is 0. The van der Waals surface area contributed by atoms with Crippen LogP contribution in [-0.4, -0.2) is 32.1 Å². The average Bonchev–Trinajstić information content (AvgIpc) is 2.53. The Balaban J connectivity index is 2.55. The first-order chi connectivity index (χ1) is 6.63. The fourth-order valence-electron chi connectivity index (χ4n) is 1.17. The van der Waals surface area contributed by atoms with Crippen molar-refractivity contribution in [3.8, 4) is 0 Å². The van der Waals surface area contributed by atoms with E-state index in [4.69, 9.17) is 10.2 Å². The Hall–Kier alpha value is -1.36. The molecule has 0 saturated heterocycles. The number of carbonyl (C=O) groups is 1. The summed E-state index contributed by atoms with van der Waals surface area (Å²) in [6.07, 6.45) is 3.09. The molecular weight excluding hydrogens is 184 g/mol. The third-order valence-corrected chi connectivity index (χ3v) is 1.85. The van der Waals surface area contributed by atoms with Crippen LogP contribution in [-0.2, 0) is 17.8 Å². The van der Waals surface area contributed by atoms with Gasteiger partial charge in [0, 0.05) is 19.2 Å². The van der Waals surface area contributed by atoms with E-state index in [1.54, 1.807) is 17.1 Å². The van der Waals surface area contributed by atoms with E-state index in [9.17, 15) is 4.79 Å². The Kier molecular flexibility index (Phi) is 3.64. The van der Waals surface area contributed by atoms with Crippen LogP contribution in [0.1, 0.15) is 18.9 Å². The minimum Gasteiger partial charge on any atom is -0.479 e. The smallest absolute Gasteiger partial charge is 0.332 e. The Bertz CT molecular complexity index is 309. The molecule has 0 saturated carbocycles. The highest BCUT2D eigenvalue weighted by atomic mass is 16.4. The van der Waals surface area contributed by atoms with E-state index in [1.165, 1.54) is 0 Å². The molecule has 1 atom stereocenters. The molecule has 0 amide bonds. The first-order valence-electron chi connectivity index (χ1n) is 4.55. The van der Waals surface area contributed by atoms with E-state index < -0.39 is 12.1 Å². The monoisotopic (exact) mass is 198 g/mol. The van der Waals surface area contributed by atoms with Crippen molar-refractivity contribution in [2.75, 3.05) is 0 Å². The van der Waals surface area contributed by atoms with Crippen molar-refractivity contribution in [3.63, 3.8) is 0 Å². The van der Waals surface area contributed by atoms with Gasteiger partial charge in [-0.05, 0) is 12.0 Å². The van der Waals surface area contributed by atoms with Gasteiger partial charge in [-0.15, -0.1) is 0 Å². The van der Waals surface area contributed by atoms with Crippen LogP contribution in [0.2, 0.25) is 0 Å². The zero-order chi connectivity index (χ0) is 10.6. The van der Waals surface area contributed by atoms with Crippen molar-refractivity contribution < 1.29 is 15.0 Å². The summed E-state index contributed by atoms with van der Waals surface area (Å²) in [7, 11) is 0. The second kappa shape index (κ2) is 4.76. The highest BCUT2D eigenvalue weighted by Crippen LogP contribution is 2.03. The summed E-state index contributed by atoms with van der Waals surface area (Å²) >= 11 is 0. The maximum Gasteiger partial charge on any atom is 0.332 e. The number of hydrogen-bond donors (Lipinski definition) is 2. The van der Waals surface area contributed by atoms with E-state index in [1.807, 2.05) is 6.92 Å². The summed E-state index contributed by atoms with van der Waals surface area (Å²) in [6.45, 7) is 2.84. The van der Waals surface area contributed by atoms with E-state index in [0.717, 1.165) is 18.5 Å². The molecule has 0 bridgehead atoms. The van der Waals surface area contributed by atoms with Crippen LogP contribution in [0.5, 0.6) is 0 Å². The molecule has 1 heterocycles. The molecule has 0 fully saturated rings. The lowest BCUT2D eigenvalue weighted by Gasteiger charge is -2.01. The Labute approximate surface area is 82.0 Å². The highest BCUT2D eigenvalue weighted by molar-refractivity contribution is 5.72. The van der Waals surface area contributed by atoms with Gasteiger partial charge in [-0.1, -0.05) is 6.92 Å². The van der Waals surface area contributed by atoms with Gasteiger partial charge in [-0.2, -0.15) is 5.10 Å². The Morgan fingerprint density at radius 2 is 2.43 bits per heavy atom. The minimum atomic E-state index is -1.34. The Morgan fingerprint density at radius 1 is 1.71 bits per heavy atom. The summed E-state index contributed by atoms with van der Waals surface area (Å²) in [5.41, 5.74) is 0.744. The fraction of sp³-hybridized carbons (Fsp3) is 0.556. The maximum absolute atomic E-state index is 10.4. The van der Waals surface area contributed by atoms with Crippen molar-refractivity contribution in [3.05, 3.63) is 18.0 Å². The maximum atomic E-state index is 10.4. The lowest BCUT2D eigenvalue weighted by Crippen LogP contribution is -2.21. The van der Waals surface area contributed by atoms with E-state index in [-0.39, 0.29) is 6.42 Å². The molecule has 2 N–H and O–H groups in total. The quantitative estimate of drug-likeness (QED) is 0.712. The second-order valence-electron chi connectivity index (χ2n) is 3.17. The summed E-state index contributed by atoms with van der Waals surface area (Å²) in [4.78, 5) is 10.4. The number of aliphatic carboxylic acids is 1. The largest absolute Gasteiger partial charge is 0.479 e. The summed E-state index contributed by atoms with van der Waals surface area (Å²) in [5, 5.41) is 21.6. The lowest BCUT2D eigenvalue weighted by atomic mass is 10.1. The molecule has 0 aromatic carbocycles. The first-order valence-corrected chi connectivity index (χ1v) is 4.55. The third-order valence-electron chi connectivity index (χ3n) is 1.85. The molecule has 1 aromatic heterocycles. The molecule has 1 rings (SSSR count). The lowest BCUT2D eigenvalue weighted by molar-refractivity contribution is -0.146. The molecule has 0 aliphatic heterocycles. The number of carboxylic acids is 1. The molecule has 78 valence electrons. The molecule has 0 aliphatic rings. The number of aryl methyl sites for hydroxylation is 1. The predicted molar refractivity (Wildman–Crippen MR) is 49.9 cm³/mol. The molecule has 0 radical (unpaired) electrons. The SMILES string of the molecule is CCCn1cc(CC(O)C(=O)O)cn1. The second-order valence-corrected chi connectivity index (χ2v) is 3.17. The average molecular weight is 198 g/mol. The van der Waals surface area contributed by atoms with Gasteiger partial charge in [0.1, 0.15) is 0 Å². The molecular formula is C9H14N2O3. The number of rotatable bonds is 5. The molecule has 5 nitrogen and oxygen atoms in total. The van der Waals surface area contributed by atoms with Gasteiger partial charge >= 0.3 is 5.97 Å². The molecule has 0 aliphatic carbocycles. The molecule has 0 spiro atoms. The number of aliphatic hydroxyl groups is 1. The van der Waals surface area contributed by atoms with E-state index >= 15 is 0 Å². The van der Waals surface area contributed by atoms with Gasteiger partial charge in [0.15, 0.2) is 6.10 Å². The van der Waals surface area contributed by atoms with Gasteiger partial charge in [0.05, 0.1) is 6.20 Å². The normalized spacial score (nSPS) is 12.7. The van der Waals surface area contributed by atoms with Crippen LogP contribution in [0.25, 0.3) is 0 Å². The van der Waals surface area contributed by atoms with Crippen LogP contribution in [0.4, 0.5) is 0 Å². The zero-order valence-corrected chi connectivity index (χ0v) is 8.05. The number of hydrogen-bond acceptors (Lipinski definition) is 3. The molecule has 14 heavy (non-hydrogen) atoms. The van der Waals surface area contributed by atoms with Crippen LogP contribution in [0, 0.1) is 0 Å². The van der Waals surface area contributed by atoms with Gasteiger partial charge < -0.3 is 10.2 Å². The van der Waals surface area contributed by atoms with Crippen LogP contribution < -0.4 is 0 Å².